The van der Waals surface area contributed by atoms with Crippen LogP contribution in [0.2, 0.25) is 0 Å². The Morgan fingerprint density at radius 3 is 2.23 bits per heavy atom. The Morgan fingerprint density at radius 2 is 1.57 bits per heavy atom. The molecule has 5 rings (SSSR count). The first kappa shape index (κ1) is 28.2. The van der Waals surface area contributed by atoms with Crippen molar-refractivity contribution in [1.29, 1.82) is 0 Å². The number of carbonyl (C=O) groups is 2. The number of anilines is 1. The molecule has 0 fully saturated rings. The fourth-order valence-corrected chi connectivity index (χ4v) is 7.91. The summed E-state index contributed by atoms with van der Waals surface area (Å²) in [5, 5.41) is 0. The van der Waals surface area contributed by atoms with Gasteiger partial charge in [-0.25, -0.2) is 4.79 Å². The van der Waals surface area contributed by atoms with Crippen LogP contribution in [-0.2, 0) is 9.53 Å². The first-order chi connectivity index (χ1) is 19.3. The summed E-state index contributed by atoms with van der Waals surface area (Å²) in [5.41, 5.74) is 3.05. The molecule has 0 bridgehead atoms. The van der Waals surface area contributed by atoms with Crippen molar-refractivity contribution in [2.75, 3.05) is 18.1 Å². The highest BCUT2D eigenvalue weighted by molar-refractivity contribution is 8.32. The molecule has 2 aliphatic heterocycles. The third kappa shape index (κ3) is 5.11. The Labute approximate surface area is 248 Å². The number of hydrogen-bond acceptors (Lipinski definition) is 7. The van der Waals surface area contributed by atoms with Gasteiger partial charge in [0, 0.05) is 27.7 Å². The lowest BCUT2D eigenvalue weighted by molar-refractivity contribution is -0.137. The molecule has 1 amide bonds. The number of nitrogens with zero attached hydrogens (tertiary/aromatic N) is 1. The molecule has 2 aliphatic rings. The molecule has 204 valence electrons. The Morgan fingerprint density at radius 1 is 0.900 bits per heavy atom. The maximum atomic E-state index is 14.0. The molecule has 0 aromatic heterocycles. The minimum absolute atomic E-state index is 0.145. The SMILES string of the molecule is CCOC(=O)C1=C(c2ccccc2)S/C(=C2/C(=S)C(C)(C)N(C(=O)c3ccccc3)c3cc(OCC)ccc32)S1. The van der Waals surface area contributed by atoms with E-state index >= 15 is 0 Å². The van der Waals surface area contributed by atoms with Gasteiger partial charge >= 0.3 is 5.97 Å². The van der Waals surface area contributed by atoms with E-state index in [0.717, 1.165) is 25.8 Å². The van der Waals surface area contributed by atoms with Gasteiger partial charge in [-0.05, 0) is 57.5 Å². The first-order valence-electron chi connectivity index (χ1n) is 13.1. The lowest BCUT2D eigenvalue weighted by atomic mass is 9.82. The molecule has 8 heteroatoms. The van der Waals surface area contributed by atoms with Crippen LogP contribution in [0.5, 0.6) is 5.75 Å². The molecule has 0 spiro atoms. The number of esters is 1. The summed E-state index contributed by atoms with van der Waals surface area (Å²) in [7, 11) is 0. The molecule has 0 unspecified atom stereocenters. The third-order valence-corrected chi connectivity index (χ3v) is 9.98. The van der Waals surface area contributed by atoms with Gasteiger partial charge in [-0.2, -0.15) is 0 Å². The van der Waals surface area contributed by atoms with Crippen LogP contribution in [0.15, 0.2) is 88.0 Å². The Kier molecular flexibility index (Phi) is 8.21. The summed E-state index contributed by atoms with van der Waals surface area (Å²) in [4.78, 5) is 30.9. The second-order valence-corrected chi connectivity index (χ2v) is 12.3. The highest BCUT2D eigenvalue weighted by atomic mass is 32.2. The summed E-state index contributed by atoms with van der Waals surface area (Å²) in [5.74, 6) is 0.166. The van der Waals surface area contributed by atoms with Crippen LogP contribution in [0.25, 0.3) is 10.5 Å². The normalized spacial score (nSPS) is 18.0. The third-order valence-electron chi connectivity index (χ3n) is 6.65. The lowest BCUT2D eigenvalue weighted by Gasteiger charge is -2.45. The molecule has 0 radical (unpaired) electrons. The minimum atomic E-state index is -0.844. The van der Waals surface area contributed by atoms with E-state index in [4.69, 9.17) is 21.7 Å². The van der Waals surface area contributed by atoms with Gasteiger partial charge in [-0.1, -0.05) is 84.3 Å². The van der Waals surface area contributed by atoms with Crippen LogP contribution in [0.4, 0.5) is 5.69 Å². The van der Waals surface area contributed by atoms with Crippen molar-refractivity contribution in [2.24, 2.45) is 0 Å². The quantitative estimate of drug-likeness (QED) is 0.165. The molecule has 0 saturated heterocycles. The van der Waals surface area contributed by atoms with Gasteiger partial charge in [0.15, 0.2) is 0 Å². The number of fused-ring (bicyclic) bond motifs is 1. The number of ether oxygens (including phenoxy) is 2. The summed E-state index contributed by atoms with van der Waals surface area (Å²) in [6, 6.07) is 24.8. The summed E-state index contributed by atoms with van der Waals surface area (Å²) < 4.78 is 12.2. The molecule has 2 heterocycles. The maximum absolute atomic E-state index is 14.0. The van der Waals surface area contributed by atoms with Crippen LogP contribution < -0.4 is 9.64 Å². The maximum Gasteiger partial charge on any atom is 0.346 e. The van der Waals surface area contributed by atoms with Gasteiger partial charge in [0.2, 0.25) is 0 Å². The highest BCUT2D eigenvalue weighted by Crippen LogP contribution is 2.59. The molecule has 0 saturated carbocycles. The number of thiocarbonyl (C=S) groups is 1. The molecule has 3 aromatic rings. The van der Waals surface area contributed by atoms with E-state index in [2.05, 4.69) is 0 Å². The number of carbonyl (C=O) groups excluding carboxylic acids is 2. The zero-order chi connectivity index (χ0) is 28.4. The van der Waals surface area contributed by atoms with Gasteiger partial charge in [-0.3, -0.25) is 9.69 Å². The largest absolute Gasteiger partial charge is 0.494 e. The molecule has 3 aromatic carbocycles. The number of hydrogen-bond donors (Lipinski definition) is 0. The van der Waals surface area contributed by atoms with Crippen LogP contribution >= 0.6 is 35.7 Å². The summed E-state index contributed by atoms with van der Waals surface area (Å²) >= 11 is 9.08. The van der Waals surface area contributed by atoms with E-state index in [-0.39, 0.29) is 18.5 Å². The smallest absolute Gasteiger partial charge is 0.346 e. The molecule has 0 aliphatic carbocycles. The van der Waals surface area contributed by atoms with Crippen molar-refractivity contribution in [3.63, 3.8) is 0 Å². The first-order valence-corrected chi connectivity index (χ1v) is 15.1. The number of rotatable bonds is 6. The standard InChI is InChI=1S/C32H29NO4S3/c1-5-36-22-17-18-23-24(19-22)33(29(34)21-15-11-8-12-16-21)32(3,4)28(38)25(23)31-39-26(20-13-9-7-10-14-20)27(40-31)30(35)37-6-2/h7-19H,5-6H2,1-4H3/b31-25-. The fourth-order valence-electron chi connectivity index (χ4n) is 4.78. The Balaban J connectivity index is 1.69. The van der Waals surface area contributed by atoms with Crippen molar-refractivity contribution >= 4 is 68.6 Å². The van der Waals surface area contributed by atoms with Crippen molar-refractivity contribution < 1.29 is 19.1 Å². The fraction of sp³-hybridized carbons (Fsp3) is 0.219. The van der Waals surface area contributed by atoms with E-state index in [0.29, 0.717) is 33.4 Å². The Bertz CT molecular complexity index is 1540. The van der Waals surface area contributed by atoms with Gasteiger partial charge in [-0.15, -0.1) is 0 Å². The molecular formula is C32H29NO4S3. The zero-order valence-electron chi connectivity index (χ0n) is 22.7. The van der Waals surface area contributed by atoms with Crippen molar-refractivity contribution in [3.8, 4) is 5.75 Å². The molecule has 5 nitrogen and oxygen atoms in total. The van der Waals surface area contributed by atoms with Crippen molar-refractivity contribution in [2.45, 2.75) is 33.2 Å². The lowest BCUT2D eigenvalue weighted by Crippen LogP contribution is -2.56. The summed E-state index contributed by atoms with van der Waals surface area (Å²) in [6.45, 7) is 8.45. The average Bonchev–Trinajstić information content (AvgIpc) is 3.40. The second-order valence-electron chi connectivity index (χ2n) is 9.62. The molecule has 0 N–H and O–H groups in total. The summed E-state index contributed by atoms with van der Waals surface area (Å²) in [6.07, 6.45) is 0. The monoisotopic (exact) mass is 587 g/mol. The topological polar surface area (TPSA) is 55.8 Å². The molecular weight excluding hydrogens is 559 g/mol. The number of benzene rings is 3. The van der Waals surface area contributed by atoms with Crippen LogP contribution in [0.1, 0.15) is 49.2 Å². The predicted octanol–water partition coefficient (Wildman–Crippen LogP) is 7.97. The van der Waals surface area contributed by atoms with Crippen LogP contribution in [0.3, 0.4) is 0 Å². The molecule has 40 heavy (non-hydrogen) atoms. The van der Waals surface area contributed by atoms with E-state index in [9.17, 15) is 9.59 Å². The number of amides is 1. The van der Waals surface area contributed by atoms with Gasteiger partial charge in [0.25, 0.3) is 5.91 Å². The van der Waals surface area contributed by atoms with Crippen LogP contribution in [0, 0.1) is 0 Å². The van der Waals surface area contributed by atoms with Gasteiger partial charge in [0.1, 0.15) is 10.7 Å². The van der Waals surface area contributed by atoms with Gasteiger partial charge in [0.05, 0.1) is 33.5 Å². The Hall–Kier alpha value is -3.33. The molecule has 0 atom stereocenters. The minimum Gasteiger partial charge on any atom is -0.494 e. The van der Waals surface area contributed by atoms with Crippen LogP contribution in [-0.4, -0.2) is 35.5 Å². The average molecular weight is 588 g/mol. The van der Waals surface area contributed by atoms with E-state index in [1.165, 1.54) is 23.5 Å². The van der Waals surface area contributed by atoms with Gasteiger partial charge < -0.3 is 9.47 Å². The van der Waals surface area contributed by atoms with E-state index < -0.39 is 5.54 Å². The van der Waals surface area contributed by atoms with E-state index in [1.807, 2.05) is 99.6 Å². The highest BCUT2D eigenvalue weighted by Gasteiger charge is 2.46. The second kappa shape index (κ2) is 11.6. The number of thioether (sulfide) groups is 2. The van der Waals surface area contributed by atoms with E-state index in [1.54, 1.807) is 11.8 Å². The predicted molar refractivity (Wildman–Crippen MR) is 170 cm³/mol. The van der Waals surface area contributed by atoms with Crippen molar-refractivity contribution in [1.82, 2.24) is 0 Å². The van der Waals surface area contributed by atoms with Crippen molar-refractivity contribution in [3.05, 3.63) is 105 Å². The zero-order valence-corrected chi connectivity index (χ0v) is 25.2.